The van der Waals surface area contributed by atoms with E-state index in [0.717, 1.165) is 15.9 Å². The minimum atomic E-state index is -0.167. The minimum absolute atomic E-state index is 0.00232. The molecule has 3 nitrogen and oxygen atoms in total. The van der Waals surface area contributed by atoms with Crippen LogP contribution in [-0.2, 0) is 4.79 Å². The summed E-state index contributed by atoms with van der Waals surface area (Å²) in [5, 5.41) is 2.81. The first-order valence-corrected chi connectivity index (χ1v) is 10.6. The Morgan fingerprint density at radius 1 is 1.08 bits per heavy atom. The van der Waals surface area contributed by atoms with Crippen molar-refractivity contribution >= 4 is 51.0 Å². The fourth-order valence-electron chi connectivity index (χ4n) is 2.28. The van der Waals surface area contributed by atoms with Crippen molar-refractivity contribution < 1.29 is 9.53 Å². The van der Waals surface area contributed by atoms with Crippen LogP contribution >= 0.6 is 39.5 Å². The number of hydrogen-bond acceptors (Lipinski definition) is 4. The van der Waals surface area contributed by atoms with Crippen LogP contribution in [0.15, 0.2) is 53.0 Å². The van der Waals surface area contributed by atoms with E-state index in [2.05, 4.69) is 33.4 Å². The van der Waals surface area contributed by atoms with E-state index in [-0.39, 0.29) is 12.5 Å². The van der Waals surface area contributed by atoms with Gasteiger partial charge in [-0.1, -0.05) is 28.1 Å². The number of nitrogens with one attached hydrogen (secondary N) is 1. The third-order valence-corrected chi connectivity index (χ3v) is 7.02. The zero-order chi connectivity index (χ0) is 16.8. The van der Waals surface area contributed by atoms with Crippen LogP contribution in [-0.4, -0.2) is 24.0 Å². The van der Waals surface area contributed by atoms with Crippen LogP contribution in [0.2, 0.25) is 0 Å². The first kappa shape index (κ1) is 17.7. The molecule has 1 heterocycles. The normalized spacial score (nSPS) is 15.0. The Kier molecular flexibility index (Phi) is 6.51. The topological polar surface area (TPSA) is 38.3 Å². The third-order valence-electron chi connectivity index (χ3n) is 3.48. The maximum absolute atomic E-state index is 11.9. The third kappa shape index (κ3) is 5.19. The maximum Gasteiger partial charge on any atom is 0.262 e. The number of anilines is 1. The van der Waals surface area contributed by atoms with Crippen molar-refractivity contribution in [3.05, 3.63) is 58.6 Å². The number of ether oxygens (including phenoxy) is 1. The molecule has 1 amide bonds. The second-order valence-electron chi connectivity index (χ2n) is 5.34. The summed E-state index contributed by atoms with van der Waals surface area (Å²) in [5.74, 6) is 3.01. The fourth-order valence-corrected chi connectivity index (χ4v) is 5.44. The van der Waals surface area contributed by atoms with Crippen molar-refractivity contribution in [2.24, 2.45) is 0 Å². The van der Waals surface area contributed by atoms with Crippen LogP contribution in [0.4, 0.5) is 5.69 Å². The second-order valence-corrected chi connectivity index (χ2v) is 8.98. The summed E-state index contributed by atoms with van der Waals surface area (Å²) < 4.78 is 7.07. The van der Waals surface area contributed by atoms with Gasteiger partial charge in [0, 0.05) is 10.2 Å². The Balaban J connectivity index is 1.49. The molecular formula is C18H18BrNO2S2. The van der Waals surface area contributed by atoms with Gasteiger partial charge in [-0.25, -0.2) is 0 Å². The van der Waals surface area contributed by atoms with Gasteiger partial charge in [-0.2, -0.15) is 0 Å². The van der Waals surface area contributed by atoms with E-state index < -0.39 is 0 Å². The molecule has 2 aromatic rings. The molecule has 0 aromatic heterocycles. The van der Waals surface area contributed by atoms with Crippen molar-refractivity contribution in [1.29, 1.82) is 0 Å². The highest BCUT2D eigenvalue weighted by molar-refractivity contribution is 9.10. The lowest BCUT2D eigenvalue weighted by Crippen LogP contribution is -2.20. The molecule has 6 heteroatoms. The molecule has 0 atom stereocenters. The standard InChI is InChI=1S/C18H18BrNO2S2/c19-14-4-6-15(7-5-14)20-17(21)12-22-16-8-2-13(3-9-16)18-23-10-1-11-24-18/h2-9,18H,1,10-12H2,(H,20,21). The van der Waals surface area contributed by atoms with E-state index in [4.69, 9.17) is 4.74 Å². The molecule has 2 aromatic carbocycles. The van der Waals surface area contributed by atoms with Crippen LogP contribution in [0, 0.1) is 0 Å². The molecule has 1 aliphatic rings. The highest BCUT2D eigenvalue weighted by atomic mass is 79.9. The van der Waals surface area contributed by atoms with Crippen LogP contribution < -0.4 is 10.1 Å². The smallest absolute Gasteiger partial charge is 0.262 e. The van der Waals surface area contributed by atoms with E-state index in [0.29, 0.717) is 4.58 Å². The fraction of sp³-hybridized carbons (Fsp3) is 0.278. The number of halogens is 1. The van der Waals surface area contributed by atoms with Crippen LogP contribution in [0.3, 0.4) is 0 Å². The van der Waals surface area contributed by atoms with Crippen molar-refractivity contribution in [3.8, 4) is 5.75 Å². The monoisotopic (exact) mass is 423 g/mol. The summed E-state index contributed by atoms with van der Waals surface area (Å²) >= 11 is 7.36. The first-order chi connectivity index (χ1) is 11.7. The number of rotatable bonds is 5. The van der Waals surface area contributed by atoms with Gasteiger partial charge in [0.05, 0.1) is 4.58 Å². The van der Waals surface area contributed by atoms with E-state index in [1.54, 1.807) is 0 Å². The molecule has 0 bridgehead atoms. The molecule has 1 fully saturated rings. The molecule has 0 spiro atoms. The average molecular weight is 424 g/mol. The Labute approximate surface area is 159 Å². The number of hydrogen-bond donors (Lipinski definition) is 1. The molecule has 0 unspecified atom stereocenters. The Bertz CT molecular complexity index is 670. The van der Waals surface area contributed by atoms with Gasteiger partial charge in [-0.05, 0) is 59.9 Å². The predicted octanol–water partition coefficient (Wildman–Crippen LogP) is 5.34. The Morgan fingerprint density at radius 3 is 2.42 bits per heavy atom. The number of benzene rings is 2. The summed E-state index contributed by atoms with van der Waals surface area (Å²) in [6.45, 7) is 0.00232. The SMILES string of the molecule is O=C(COc1ccc(C2SCCCS2)cc1)Nc1ccc(Br)cc1. The number of carbonyl (C=O) groups excluding carboxylic acids is 1. The second kappa shape index (κ2) is 8.83. The molecule has 1 N–H and O–H groups in total. The molecule has 0 radical (unpaired) electrons. The van der Waals surface area contributed by atoms with E-state index in [1.165, 1.54) is 23.5 Å². The average Bonchev–Trinajstić information content (AvgIpc) is 2.63. The molecule has 24 heavy (non-hydrogen) atoms. The van der Waals surface area contributed by atoms with Crippen LogP contribution in [0.5, 0.6) is 5.75 Å². The number of thioether (sulfide) groups is 2. The summed E-state index contributed by atoms with van der Waals surface area (Å²) in [6, 6.07) is 15.5. The van der Waals surface area contributed by atoms with Gasteiger partial charge in [0.2, 0.25) is 0 Å². The van der Waals surface area contributed by atoms with Gasteiger partial charge in [0.15, 0.2) is 6.61 Å². The maximum atomic E-state index is 11.9. The lowest BCUT2D eigenvalue weighted by Gasteiger charge is -2.21. The van der Waals surface area contributed by atoms with Gasteiger partial charge < -0.3 is 10.1 Å². The first-order valence-electron chi connectivity index (χ1n) is 7.72. The molecule has 3 rings (SSSR count). The van der Waals surface area contributed by atoms with Crippen molar-refractivity contribution in [2.75, 3.05) is 23.4 Å². The molecule has 126 valence electrons. The summed E-state index contributed by atoms with van der Waals surface area (Å²) in [7, 11) is 0. The highest BCUT2D eigenvalue weighted by Gasteiger charge is 2.16. The van der Waals surface area contributed by atoms with Gasteiger partial charge in [-0.3, -0.25) is 4.79 Å². The van der Waals surface area contributed by atoms with Crippen molar-refractivity contribution in [1.82, 2.24) is 0 Å². The number of carbonyl (C=O) groups is 1. The largest absolute Gasteiger partial charge is 0.484 e. The summed E-state index contributed by atoms with van der Waals surface area (Å²) in [5.41, 5.74) is 2.07. The van der Waals surface area contributed by atoms with Gasteiger partial charge in [0.1, 0.15) is 5.75 Å². The van der Waals surface area contributed by atoms with Gasteiger partial charge >= 0.3 is 0 Å². The van der Waals surface area contributed by atoms with Gasteiger partial charge in [-0.15, -0.1) is 23.5 Å². The van der Waals surface area contributed by atoms with Crippen LogP contribution in [0.25, 0.3) is 0 Å². The zero-order valence-electron chi connectivity index (χ0n) is 13.0. The quantitative estimate of drug-likeness (QED) is 0.704. The molecule has 0 aliphatic carbocycles. The summed E-state index contributed by atoms with van der Waals surface area (Å²) in [4.78, 5) is 11.9. The molecule has 1 aliphatic heterocycles. The number of amides is 1. The van der Waals surface area contributed by atoms with Crippen molar-refractivity contribution in [3.63, 3.8) is 0 Å². The Morgan fingerprint density at radius 2 is 1.75 bits per heavy atom. The lowest BCUT2D eigenvalue weighted by atomic mass is 10.2. The predicted molar refractivity (Wildman–Crippen MR) is 107 cm³/mol. The van der Waals surface area contributed by atoms with E-state index >= 15 is 0 Å². The Hall–Kier alpha value is -1.11. The van der Waals surface area contributed by atoms with Gasteiger partial charge in [0.25, 0.3) is 5.91 Å². The highest BCUT2D eigenvalue weighted by Crippen LogP contribution is 2.43. The van der Waals surface area contributed by atoms with Crippen LogP contribution in [0.1, 0.15) is 16.6 Å². The summed E-state index contributed by atoms with van der Waals surface area (Å²) in [6.07, 6.45) is 1.29. The van der Waals surface area contributed by atoms with E-state index in [1.807, 2.05) is 59.9 Å². The van der Waals surface area contributed by atoms with E-state index in [9.17, 15) is 4.79 Å². The van der Waals surface area contributed by atoms with Crippen molar-refractivity contribution in [2.45, 2.75) is 11.0 Å². The molecule has 1 saturated heterocycles. The zero-order valence-corrected chi connectivity index (χ0v) is 16.3. The molecule has 0 saturated carbocycles. The minimum Gasteiger partial charge on any atom is -0.484 e. The lowest BCUT2D eigenvalue weighted by molar-refractivity contribution is -0.118. The molecular weight excluding hydrogens is 406 g/mol.